The average Bonchev–Trinajstić information content (AvgIpc) is 2.64. The molecule has 0 spiro atoms. The van der Waals surface area contributed by atoms with Crippen LogP contribution in [0.4, 0.5) is 5.69 Å². The van der Waals surface area contributed by atoms with Gasteiger partial charge >= 0.3 is 0 Å². The molecule has 0 unspecified atom stereocenters. The third-order valence-electron chi connectivity index (χ3n) is 3.79. The number of hydrazine groups is 1. The van der Waals surface area contributed by atoms with Crippen LogP contribution in [0.5, 0.6) is 5.75 Å². The largest absolute Gasteiger partial charge is 0.493 e. The van der Waals surface area contributed by atoms with E-state index in [0.29, 0.717) is 18.1 Å². The van der Waals surface area contributed by atoms with E-state index in [1.807, 2.05) is 44.2 Å². The Balaban J connectivity index is 1.58. The molecule has 144 valence electrons. The molecule has 2 aromatic rings. The van der Waals surface area contributed by atoms with Gasteiger partial charge < -0.3 is 10.1 Å². The predicted octanol–water partition coefficient (Wildman–Crippen LogP) is 3.38. The number of hydrogen-bond acceptors (Lipinski definition) is 4. The number of carbonyl (C=O) groups is 2. The summed E-state index contributed by atoms with van der Waals surface area (Å²) >= 11 is 5.90. The number of anilines is 1. The van der Waals surface area contributed by atoms with E-state index in [0.717, 1.165) is 22.6 Å². The SMILES string of the molecule is Cc1ccc(NCC(=O)NNC(=O)CCCOc2ccc(Cl)cc2C)cc1. The predicted molar refractivity (Wildman–Crippen MR) is 107 cm³/mol. The first kappa shape index (κ1) is 20.6. The second-order valence-electron chi connectivity index (χ2n) is 6.18. The molecule has 0 atom stereocenters. The molecule has 3 N–H and O–H groups in total. The zero-order valence-electron chi connectivity index (χ0n) is 15.5. The van der Waals surface area contributed by atoms with Crippen LogP contribution in [0.2, 0.25) is 5.02 Å². The summed E-state index contributed by atoms with van der Waals surface area (Å²) in [5.41, 5.74) is 7.71. The van der Waals surface area contributed by atoms with Gasteiger partial charge in [0.2, 0.25) is 5.91 Å². The number of aryl methyl sites for hydroxylation is 2. The minimum Gasteiger partial charge on any atom is -0.493 e. The Kier molecular flexibility index (Phi) is 7.95. The first-order valence-electron chi connectivity index (χ1n) is 8.71. The number of rotatable bonds is 8. The second-order valence-corrected chi connectivity index (χ2v) is 6.61. The van der Waals surface area contributed by atoms with Crippen molar-refractivity contribution in [2.24, 2.45) is 0 Å². The fraction of sp³-hybridized carbons (Fsp3) is 0.300. The molecule has 0 fully saturated rings. The molecule has 0 aliphatic carbocycles. The van der Waals surface area contributed by atoms with Crippen molar-refractivity contribution in [3.8, 4) is 5.75 Å². The van der Waals surface area contributed by atoms with Crippen molar-refractivity contribution in [3.63, 3.8) is 0 Å². The minimum atomic E-state index is -0.322. The number of carbonyl (C=O) groups excluding carboxylic acids is 2. The van der Waals surface area contributed by atoms with Crippen LogP contribution in [-0.4, -0.2) is 25.0 Å². The van der Waals surface area contributed by atoms with Crippen LogP contribution < -0.4 is 20.9 Å². The Hall–Kier alpha value is -2.73. The van der Waals surface area contributed by atoms with Crippen LogP contribution in [-0.2, 0) is 9.59 Å². The Morgan fingerprint density at radius 3 is 2.41 bits per heavy atom. The van der Waals surface area contributed by atoms with E-state index >= 15 is 0 Å². The maximum Gasteiger partial charge on any atom is 0.257 e. The van der Waals surface area contributed by atoms with Crippen molar-refractivity contribution in [1.82, 2.24) is 10.9 Å². The molecule has 0 aliphatic heterocycles. The topological polar surface area (TPSA) is 79.5 Å². The lowest BCUT2D eigenvalue weighted by Gasteiger charge is -2.10. The Morgan fingerprint density at radius 2 is 1.70 bits per heavy atom. The standard InChI is InChI=1S/C20H24ClN3O3/c1-14-5-8-17(9-6-14)22-13-20(26)24-23-19(25)4-3-11-27-18-10-7-16(21)12-15(18)2/h5-10,12,22H,3-4,11,13H2,1-2H3,(H,23,25)(H,24,26). The molecule has 0 saturated heterocycles. The lowest BCUT2D eigenvalue weighted by Crippen LogP contribution is -2.44. The van der Waals surface area contributed by atoms with Crippen LogP contribution >= 0.6 is 11.6 Å². The quantitative estimate of drug-likeness (QED) is 0.477. The van der Waals surface area contributed by atoms with Crippen LogP contribution in [0.1, 0.15) is 24.0 Å². The maximum absolute atomic E-state index is 11.8. The first-order valence-corrected chi connectivity index (χ1v) is 9.09. The van der Waals surface area contributed by atoms with Crippen molar-refractivity contribution in [2.75, 3.05) is 18.5 Å². The number of nitrogens with one attached hydrogen (secondary N) is 3. The highest BCUT2D eigenvalue weighted by Crippen LogP contribution is 2.21. The molecule has 0 saturated carbocycles. The molecular formula is C20H24ClN3O3. The fourth-order valence-electron chi connectivity index (χ4n) is 2.29. The van der Waals surface area contributed by atoms with Gasteiger partial charge in [0, 0.05) is 17.1 Å². The van der Waals surface area contributed by atoms with Gasteiger partial charge in [-0.1, -0.05) is 29.3 Å². The van der Waals surface area contributed by atoms with Gasteiger partial charge in [-0.3, -0.25) is 20.4 Å². The van der Waals surface area contributed by atoms with Gasteiger partial charge in [-0.25, -0.2) is 0 Å². The van der Waals surface area contributed by atoms with E-state index < -0.39 is 0 Å². The molecule has 0 bridgehead atoms. The van der Waals surface area contributed by atoms with Crippen molar-refractivity contribution >= 4 is 29.1 Å². The zero-order chi connectivity index (χ0) is 19.6. The van der Waals surface area contributed by atoms with E-state index in [-0.39, 0.29) is 24.8 Å². The molecule has 2 rings (SSSR count). The maximum atomic E-state index is 11.8. The van der Waals surface area contributed by atoms with Crippen molar-refractivity contribution in [3.05, 3.63) is 58.6 Å². The molecule has 2 amide bonds. The monoisotopic (exact) mass is 389 g/mol. The zero-order valence-corrected chi connectivity index (χ0v) is 16.2. The third kappa shape index (κ3) is 7.58. The molecule has 0 radical (unpaired) electrons. The Bertz CT molecular complexity index is 779. The summed E-state index contributed by atoms with van der Waals surface area (Å²) in [4.78, 5) is 23.5. The van der Waals surface area contributed by atoms with Crippen LogP contribution in [0.15, 0.2) is 42.5 Å². The summed E-state index contributed by atoms with van der Waals surface area (Å²) in [5.74, 6) is 0.155. The second kappa shape index (κ2) is 10.4. The van der Waals surface area contributed by atoms with E-state index in [1.54, 1.807) is 12.1 Å². The van der Waals surface area contributed by atoms with Crippen molar-refractivity contribution in [2.45, 2.75) is 26.7 Å². The minimum absolute atomic E-state index is 0.0717. The summed E-state index contributed by atoms with van der Waals surface area (Å²) in [6, 6.07) is 13.1. The molecule has 7 heteroatoms. The highest BCUT2D eigenvalue weighted by atomic mass is 35.5. The van der Waals surface area contributed by atoms with Gasteiger partial charge in [-0.05, 0) is 56.2 Å². The molecule has 0 heterocycles. The number of halogens is 1. The summed E-state index contributed by atoms with van der Waals surface area (Å²) in [6.45, 7) is 4.38. The Morgan fingerprint density at radius 1 is 1.00 bits per heavy atom. The van der Waals surface area contributed by atoms with Gasteiger partial charge in [0.1, 0.15) is 5.75 Å². The number of benzene rings is 2. The van der Waals surface area contributed by atoms with E-state index in [1.165, 1.54) is 0 Å². The van der Waals surface area contributed by atoms with Crippen LogP contribution in [0.25, 0.3) is 0 Å². The van der Waals surface area contributed by atoms with Crippen molar-refractivity contribution < 1.29 is 14.3 Å². The third-order valence-corrected chi connectivity index (χ3v) is 4.02. The summed E-state index contributed by atoms with van der Waals surface area (Å²) in [6.07, 6.45) is 0.781. The fourth-order valence-corrected chi connectivity index (χ4v) is 2.52. The van der Waals surface area contributed by atoms with Gasteiger partial charge in [-0.15, -0.1) is 0 Å². The summed E-state index contributed by atoms with van der Waals surface area (Å²) in [7, 11) is 0. The first-order chi connectivity index (χ1) is 12.9. The number of amides is 2. The average molecular weight is 390 g/mol. The highest BCUT2D eigenvalue weighted by Gasteiger charge is 2.06. The molecule has 0 aromatic heterocycles. The van der Waals surface area contributed by atoms with E-state index in [2.05, 4.69) is 16.2 Å². The Labute approximate surface area is 164 Å². The van der Waals surface area contributed by atoms with Gasteiger partial charge in [-0.2, -0.15) is 0 Å². The molecular weight excluding hydrogens is 366 g/mol. The summed E-state index contributed by atoms with van der Waals surface area (Å²) in [5, 5.41) is 3.64. The van der Waals surface area contributed by atoms with Crippen LogP contribution in [0, 0.1) is 13.8 Å². The normalized spacial score (nSPS) is 10.2. The molecule has 0 aliphatic rings. The number of ether oxygens (including phenoxy) is 1. The van der Waals surface area contributed by atoms with E-state index in [9.17, 15) is 9.59 Å². The lowest BCUT2D eigenvalue weighted by atomic mass is 10.2. The molecule has 27 heavy (non-hydrogen) atoms. The van der Waals surface area contributed by atoms with Crippen LogP contribution in [0.3, 0.4) is 0 Å². The van der Waals surface area contributed by atoms with Gasteiger partial charge in [0.25, 0.3) is 5.91 Å². The van der Waals surface area contributed by atoms with Crippen molar-refractivity contribution in [1.29, 1.82) is 0 Å². The van der Waals surface area contributed by atoms with E-state index in [4.69, 9.17) is 16.3 Å². The van der Waals surface area contributed by atoms with Gasteiger partial charge in [0.15, 0.2) is 0 Å². The highest BCUT2D eigenvalue weighted by molar-refractivity contribution is 6.30. The molecule has 6 nitrogen and oxygen atoms in total. The lowest BCUT2D eigenvalue weighted by molar-refractivity contribution is -0.128. The molecule has 2 aromatic carbocycles. The smallest absolute Gasteiger partial charge is 0.257 e. The summed E-state index contributed by atoms with van der Waals surface area (Å²) < 4.78 is 5.63. The number of hydrogen-bond donors (Lipinski definition) is 3. The van der Waals surface area contributed by atoms with Gasteiger partial charge in [0.05, 0.1) is 13.2 Å².